The van der Waals surface area contributed by atoms with E-state index < -0.39 is 23.5 Å². The highest BCUT2D eigenvalue weighted by atomic mass is 16.3. The van der Waals surface area contributed by atoms with Crippen molar-refractivity contribution in [2.24, 2.45) is 5.10 Å². The number of aryl methyl sites for hydroxylation is 1. The molecule has 31 heavy (non-hydrogen) atoms. The predicted octanol–water partition coefficient (Wildman–Crippen LogP) is 3.38. The van der Waals surface area contributed by atoms with Crippen LogP contribution in [0.15, 0.2) is 52.2 Å². The van der Waals surface area contributed by atoms with Gasteiger partial charge in [-0.2, -0.15) is 5.10 Å². The van der Waals surface area contributed by atoms with Crippen LogP contribution in [0, 0.1) is 6.92 Å². The van der Waals surface area contributed by atoms with Crippen LogP contribution in [0.3, 0.4) is 0 Å². The minimum absolute atomic E-state index is 0.367. The maximum atomic E-state index is 13.2. The fraction of sp³-hybridized carbons (Fsp3) is 0.391. The zero-order valence-electron chi connectivity index (χ0n) is 17.9. The molecular weight excluding hydrogens is 396 g/mol. The molecule has 8 heteroatoms. The molecule has 0 saturated carbocycles. The Hall–Kier alpha value is -3.42. The van der Waals surface area contributed by atoms with Crippen molar-refractivity contribution in [1.82, 2.24) is 15.2 Å². The summed E-state index contributed by atoms with van der Waals surface area (Å²) in [4.78, 5) is 39.6. The van der Waals surface area contributed by atoms with Gasteiger partial charge in [0.2, 0.25) is 0 Å². The van der Waals surface area contributed by atoms with Gasteiger partial charge in [-0.3, -0.25) is 14.5 Å². The van der Waals surface area contributed by atoms with E-state index in [-0.39, 0.29) is 12.5 Å². The van der Waals surface area contributed by atoms with Gasteiger partial charge in [0.05, 0.1) is 12.0 Å². The molecule has 2 aromatic rings. The van der Waals surface area contributed by atoms with Crippen LogP contribution in [0.2, 0.25) is 0 Å². The van der Waals surface area contributed by atoms with Gasteiger partial charge in [-0.1, -0.05) is 43.7 Å². The summed E-state index contributed by atoms with van der Waals surface area (Å²) in [5.41, 5.74) is 1.86. The van der Waals surface area contributed by atoms with Crippen LogP contribution in [0.4, 0.5) is 4.79 Å². The van der Waals surface area contributed by atoms with Crippen molar-refractivity contribution in [1.29, 1.82) is 0 Å². The van der Waals surface area contributed by atoms with Crippen LogP contribution < -0.4 is 5.32 Å². The maximum absolute atomic E-state index is 13.2. The number of urea groups is 1. The highest BCUT2D eigenvalue weighted by molar-refractivity contribution is 6.09. The second kappa shape index (κ2) is 8.02. The van der Waals surface area contributed by atoms with Crippen LogP contribution in [-0.4, -0.2) is 45.5 Å². The third kappa shape index (κ3) is 3.62. The summed E-state index contributed by atoms with van der Waals surface area (Å²) in [5.74, 6) is -0.199. The number of furan rings is 1. The van der Waals surface area contributed by atoms with Crippen LogP contribution in [-0.2, 0) is 9.59 Å². The highest BCUT2D eigenvalue weighted by Crippen LogP contribution is 2.34. The number of rotatable bonds is 6. The average molecular weight is 422 g/mol. The summed E-state index contributed by atoms with van der Waals surface area (Å²) in [5, 5.41) is 8.66. The second-order valence-corrected chi connectivity index (χ2v) is 8.00. The molecule has 1 aromatic heterocycles. The van der Waals surface area contributed by atoms with Gasteiger partial charge < -0.3 is 9.73 Å². The Kier molecular flexibility index (Phi) is 5.39. The molecule has 1 N–H and O–H groups in total. The lowest BCUT2D eigenvalue weighted by atomic mass is 9.93. The largest absolute Gasteiger partial charge is 0.467 e. The van der Waals surface area contributed by atoms with Gasteiger partial charge in [-0.05, 0) is 37.5 Å². The second-order valence-electron chi connectivity index (χ2n) is 8.00. The Bertz CT molecular complexity index is 1020. The molecule has 162 valence electrons. The molecule has 1 atom stereocenters. The fourth-order valence-corrected chi connectivity index (χ4v) is 4.12. The monoisotopic (exact) mass is 422 g/mol. The van der Waals surface area contributed by atoms with Gasteiger partial charge in [0.25, 0.3) is 11.8 Å². The van der Waals surface area contributed by atoms with Gasteiger partial charge >= 0.3 is 6.03 Å². The molecule has 0 unspecified atom stereocenters. The first-order valence-electron chi connectivity index (χ1n) is 10.5. The van der Waals surface area contributed by atoms with Crippen LogP contribution in [0.25, 0.3) is 0 Å². The van der Waals surface area contributed by atoms with E-state index in [2.05, 4.69) is 10.4 Å². The van der Waals surface area contributed by atoms with Gasteiger partial charge in [0.15, 0.2) is 0 Å². The van der Waals surface area contributed by atoms with Crippen molar-refractivity contribution in [2.45, 2.75) is 51.6 Å². The van der Waals surface area contributed by atoms with Crippen LogP contribution >= 0.6 is 0 Å². The fourth-order valence-electron chi connectivity index (χ4n) is 4.12. The number of hydrogen-bond donors (Lipinski definition) is 1. The van der Waals surface area contributed by atoms with E-state index in [9.17, 15) is 14.4 Å². The molecule has 3 heterocycles. The van der Waals surface area contributed by atoms with Crippen molar-refractivity contribution in [3.05, 3.63) is 59.5 Å². The standard InChI is InChI=1S/C23H26N4O4/c1-4-23(5-2)21(29)26(22(30)24-23)14-20(28)27-18(19-7-6-12-31-19)13-17(25-27)16-10-8-15(3)9-11-16/h6-12,18H,4-5,13-14H2,1-3H3,(H,24,30)/t18-/m0/s1. The van der Waals surface area contributed by atoms with E-state index in [1.807, 2.05) is 45.0 Å². The minimum atomic E-state index is -0.945. The topological polar surface area (TPSA) is 95.2 Å². The number of imide groups is 1. The predicted molar refractivity (Wildman–Crippen MR) is 114 cm³/mol. The van der Waals surface area contributed by atoms with Gasteiger partial charge in [-0.25, -0.2) is 9.80 Å². The molecule has 4 amide bonds. The Morgan fingerprint density at radius 2 is 1.90 bits per heavy atom. The van der Waals surface area contributed by atoms with Crippen molar-refractivity contribution in [2.75, 3.05) is 6.54 Å². The van der Waals surface area contributed by atoms with Gasteiger partial charge in [-0.15, -0.1) is 0 Å². The maximum Gasteiger partial charge on any atom is 0.325 e. The zero-order valence-corrected chi connectivity index (χ0v) is 17.9. The SMILES string of the molecule is CCC1(CC)NC(=O)N(CC(=O)N2N=C(c3ccc(C)cc3)C[C@H]2c2ccco2)C1=O. The lowest BCUT2D eigenvalue weighted by molar-refractivity contribution is -0.140. The molecule has 0 aliphatic carbocycles. The number of hydrazone groups is 1. The first-order valence-corrected chi connectivity index (χ1v) is 10.5. The number of hydrogen-bond acceptors (Lipinski definition) is 5. The first kappa shape index (κ1) is 20.8. The number of carbonyl (C=O) groups excluding carboxylic acids is 3. The molecule has 0 spiro atoms. The molecule has 0 radical (unpaired) electrons. The Morgan fingerprint density at radius 1 is 1.19 bits per heavy atom. The molecule has 2 aliphatic heterocycles. The van der Waals surface area contributed by atoms with E-state index in [0.717, 1.165) is 21.7 Å². The van der Waals surface area contributed by atoms with Crippen molar-refractivity contribution < 1.29 is 18.8 Å². The third-order valence-electron chi connectivity index (χ3n) is 6.17. The van der Waals surface area contributed by atoms with Gasteiger partial charge in [0.1, 0.15) is 23.9 Å². The quantitative estimate of drug-likeness (QED) is 0.722. The van der Waals surface area contributed by atoms with Gasteiger partial charge in [0, 0.05) is 6.42 Å². The lowest BCUT2D eigenvalue weighted by Gasteiger charge is -2.24. The number of benzene rings is 1. The third-order valence-corrected chi connectivity index (χ3v) is 6.17. The Morgan fingerprint density at radius 3 is 2.48 bits per heavy atom. The molecule has 4 rings (SSSR count). The summed E-state index contributed by atoms with van der Waals surface area (Å²) in [6, 6.07) is 10.5. The highest BCUT2D eigenvalue weighted by Gasteiger charge is 2.50. The smallest absolute Gasteiger partial charge is 0.325 e. The minimum Gasteiger partial charge on any atom is -0.467 e. The summed E-state index contributed by atoms with van der Waals surface area (Å²) in [7, 11) is 0. The van der Waals surface area contributed by atoms with Crippen LogP contribution in [0.1, 0.15) is 56.0 Å². The van der Waals surface area contributed by atoms with Crippen molar-refractivity contribution in [3.8, 4) is 0 Å². The average Bonchev–Trinajstić information content (AvgIpc) is 3.49. The number of amides is 4. The molecule has 2 aliphatic rings. The van der Waals surface area contributed by atoms with E-state index >= 15 is 0 Å². The first-order chi connectivity index (χ1) is 14.9. The van der Waals surface area contributed by atoms with E-state index in [1.165, 1.54) is 5.01 Å². The Labute approximate surface area is 180 Å². The summed E-state index contributed by atoms with van der Waals surface area (Å²) < 4.78 is 5.55. The van der Waals surface area contributed by atoms with Crippen LogP contribution in [0.5, 0.6) is 0 Å². The molecule has 8 nitrogen and oxygen atoms in total. The number of nitrogens with zero attached hydrogens (tertiary/aromatic N) is 3. The van der Waals surface area contributed by atoms with E-state index in [4.69, 9.17) is 4.42 Å². The molecule has 1 fully saturated rings. The van der Waals surface area contributed by atoms with Crippen molar-refractivity contribution >= 4 is 23.6 Å². The van der Waals surface area contributed by atoms with E-state index in [1.54, 1.807) is 18.4 Å². The summed E-state index contributed by atoms with van der Waals surface area (Å²) in [6.45, 7) is 5.33. The van der Waals surface area contributed by atoms with E-state index in [0.29, 0.717) is 25.0 Å². The summed E-state index contributed by atoms with van der Waals surface area (Å²) >= 11 is 0. The number of nitrogens with one attached hydrogen (secondary N) is 1. The molecular formula is C23H26N4O4. The normalized spacial score (nSPS) is 20.2. The zero-order chi connectivity index (χ0) is 22.2. The molecule has 1 aromatic carbocycles. The lowest BCUT2D eigenvalue weighted by Crippen LogP contribution is -2.46. The Balaban J connectivity index is 1.60. The molecule has 1 saturated heterocycles. The summed E-state index contributed by atoms with van der Waals surface area (Å²) in [6.07, 6.45) is 2.97. The molecule has 0 bridgehead atoms. The number of carbonyl (C=O) groups is 3. The van der Waals surface area contributed by atoms with Crippen molar-refractivity contribution in [3.63, 3.8) is 0 Å².